The fourth-order valence-electron chi connectivity index (χ4n) is 2.65. The van der Waals surface area contributed by atoms with Crippen LogP contribution in [0.15, 0.2) is 0 Å². The summed E-state index contributed by atoms with van der Waals surface area (Å²) in [6.07, 6.45) is 15.3. The fraction of sp³-hybridized carbons (Fsp3) is 0.909. The van der Waals surface area contributed by atoms with Gasteiger partial charge in [0.2, 0.25) is 0 Å². The van der Waals surface area contributed by atoms with E-state index in [0.717, 1.165) is 37.2 Å². The Balaban J connectivity index is 3.28. The average Bonchev–Trinajstić information content (AvgIpc) is 2.69. The molecule has 0 saturated heterocycles. The summed E-state index contributed by atoms with van der Waals surface area (Å²) in [6.45, 7) is 5.52. The number of carbonyl (C=O) groups excluding carboxylic acids is 2. The van der Waals surface area contributed by atoms with Crippen molar-refractivity contribution in [3.05, 3.63) is 0 Å². The zero-order valence-electron chi connectivity index (χ0n) is 18.2. The Morgan fingerprint density at radius 1 is 0.571 bits per heavy atom. The highest BCUT2D eigenvalue weighted by atomic mass is 33.1. The minimum Gasteiger partial charge on any atom is -0.466 e. The van der Waals surface area contributed by atoms with Gasteiger partial charge in [-0.05, 0) is 12.8 Å². The molecular weight excluding hydrogens is 392 g/mol. The third-order valence-electron chi connectivity index (χ3n) is 4.38. The van der Waals surface area contributed by atoms with E-state index >= 15 is 0 Å². The van der Waals surface area contributed by atoms with Gasteiger partial charge in [-0.2, -0.15) is 0 Å². The third-order valence-corrected chi connectivity index (χ3v) is 6.79. The zero-order chi connectivity index (χ0) is 20.7. The summed E-state index contributed by atoms with van der Waals surface area (Å²) in [7, 11) is 3.25. The maximum Gasteiger partial charge on any atom is 0.306 e. The van der Waals surface area contributed by atoms with Crippen LogP contribution >= 0.6 is 21.6 Å². The molecule has 0 aliphatic heterocycles. The van der Waals surface area contributed by atoms with Crippen LogP contribution in [0.5, 0.6) is 0 Å². The lowest BCUT2D eigenvalue weighted by Gasteiger charge is -2.06. The van der Waals surface area contributed by atoms with Gasteiger partial charge in [-0.15, -0.1) is 0 Å². The minimum atomic E-state index is -0.111. The summed E-state index contributed by atoms with van der Waals surface area (Å²) < 4.78 is 10.5. The molecule has 0 aliphatic rings. The molecule has 0 aromatic heterocycles. The van der Waals surface area contributed by atoms with Crippen molar-refractivity contribution in [3.63, 3.8) is 0 Å². The topological polar surface area (TPSA) is 52.6 Å². The highest BCUT2D eigenvalue weighted by Crippen LogP contribution is 2.23. The number of esters is 2. The van der Waals surface area contributed by atoms with E-state index in [4.69, 9.17) is 9.47 Å². The van der Waals surface area contributed by atoms with Gasteiger partial charge >= 0.3 is 11.9 Å². The van der Waals surface area contributed by atoms with E-state index in [1.165, 1.54) is 51.4 Å². The second kappa shape index (κ2) is 22.9. The first-order chi connectivity index (χ1) is 13.7. The summed E-state index contributed by atoms with van der Waals surface area (Å²) in [4.78, 5) is 23.3. The Kier molecular flexibility index (Phi) is 22.6. The van der Waals surface area contributed by atoms with Crippen LogP contribution in [-0.2, 0) is 19.1 Å². The van der Waals surface area contributed by atoms with Gasteiger partial charge in [-0.1, -0.05) is 99.6 Å². The van der Waals surface area contributed by atoms with Crippen molar-refractivity contribution in [2.75, 3.05) is 24.7 Å². The van der Waals surface area contributed by atoms with E-state index < -0.39 is 0 Å². The van der Waals surface area contributed by atoms with Crippen molar-refractivity contribution in [2.45, 2.75) is 104 Å². The normalized spacial score (nSPS) is 10.8. The molecule has 0 aliphatic carbocycles. The van der Waals surface area contributed by atoms with Gasteiger partial charge in [0.05, 0.1) is 26.1 Å². The Morgan fingerprint density at radius 3 is 1.32 bits per heavy atom. The van der Waals surface area contributed by atoms with Crippen molar-refractivity contribution in [1.29, 1.82) is 0 Å². The van der Waals surface area contributed by atoms with Gasteiger partial charge in [0.25, 0.3) is 0 Å². The van der Waals surface area contributed by atoms with E-state index in [0.29, 0.717) is 26.1 Å². The molecule has 0 atom stereocenters. The van der Waals surface area contributed by atoms with Crippen LogP contribution in [-0.4, -0.2) is 36.7 Å². The first-order valence-electron chi connectivity index (χ1n) is 11.3. The van der Waals surface area contributed by atoms with E-state index in [-0.39, 0.29) is 11.9 Å². The SMILES string of the molecule is CCCCCCCCOC(=O)CCSSCCC(=O)OCCCCCCCC. The summed E-state index contributed by atoms with van der Waals surface area (Å²) in [5.41, 5.74) is 0. The first kappa shape index (κ1) is 27.6. The number of carbonyl (C=O) groups is 2. The smallest absolute Gasteiger partial charge is 0.306 e. The van der Waals surface area contributed by atoms with Crippen molar-refractivity contribution in [1.82, 2.24) is 0 Å². The van der Waals surface area contributed by atoms with Crippen LogP contribution in [0.2, 0.25) is 0 Å². The Morgan fingerprint density at radius 2 is 0.929 bits per heavy atom. The van der Waals surface area contributed by atoms with Gasteiger partial charge in [-0.25, -0.2) is 0 Å². The molecule has 6 heteroatoms. The number of hydrogen-bond donors (Lipinski definition) is 0. The molecule has 0 bridgehead atoms. The molecule has 0 saturated carbocycles. The summed E-state index contributed by atoms with van der Waals surface area (Å²) in [6, 6.07) is 0. The second-order valence-electron chi connectivity index (χ2n) is 7.12. The largest absolute Gasteiger partial charge is 0.466 e. The first-order valence-corrected chi connectivity index (χ1v) is 13.7. The Labute approximate surface area is 181 Å². The molecule has 28 heavy (non-hydrogen) atoms. The lowest BCUT2D eigenvalue weighted by atomic mass is 10.1. The lowest BCUT2D eigenvalue weighted by Crippen LogP contribution is -2.07. The molecule has 0 radical (unpaired) electrons. The monoisotopic (exact) mass is 434 g/mol. The third kappa shape index (κ3) is 21.9. The van der Waals surface area contributed by atoms with Crippen LogP contribution in [0.25, 0.3) is 0 Å². The van der Waals surface area contributed by atoms with Crippen LogP contribution in [0.1, 0.15) is 104 Å². The molecule has 0 aromatic carbocycles. The average molecular weight is 435 g/mol. The molecule has 0 heterocycles. The zero-order valence-corrected chi connectivity index (χ0v) is 19.8. The van der Waals surface area contributed by atoms with Crippen LogP contribution in [0.4, 0.5) is 0 Å². The van der Waals surface area contributed by atoms with E-state index in [1.54, 1.807) is 21.6 Å². The quantitative estimate of drug-likeness (QED) is 0.111. The van der Waals surface area contributed by atoms with Crippen molar-refractivity contribution >= 4 is 33.5 Å². The summed E-state index contributed by atoms with van der Waals surface area (Å²) >= 11 is 0. The minimum absolute atomic E-state index is 0.111. The molecule has 4 nitrogen and oxygen atoms in total. The maximum atomic E-state index is 11.6. The fourth-order valence-corrected chi connectivity index (χ4v) is 4.59. The number of unbranched alkanes of at least 4 members (excludes halogenated alkanes) is 10. The lowest BCUT2D eigenvalue weighted by molar-refractivity contribution is -0.144. The van der Waals surface area contributed by atoms with Gasteiger partial charge in [-0.3, -0.25) is 9.59 Å². The van der Waals surface area contributed by atoms with Crippen molar-refractivity contribution in [3.8, 4) is 0 Å². The van der Waals surface area contributed by atoms with E-state index in [1.807, 2.05) is 0 Å². The molecule has 0 unspecified atom stereocenters. The summed E-state index contributed by atoms with van der Waals surface area (Å²) in [5, 5.41) is 0. The molecule has 0 spiro atoms. The Hall–Kier alpha value is -0.360. The van der Waals surface area contributed by atoms with Crippen LogP contribution in [0, 0.1) is 0 Å². The van der Waals surface area contributed by atoms with Crippen LogP contribution < -0.4 is 0 Å². The molecule has 166 valence electrons. The van der Waals surface area contributed by atoms with Gasteiger partial charge in [0, 0.05) is 11.5 Å². The maximum absolute atomic E-state index is 11.6. The van der Waals surface area contributed by atoms with Gasteiger partial charge in [0.1, 0.15) is 0 Å². The standard InChI is InChI=1S/C22H42O4S2/c1-3-5-7-9-11-13-17-25-21(23)15-19-27-28-20-16-22(24)26-18-14-12-10-8-6-4-2/h3-20H2,1-2H3. The number of ether oxygens (including phenoxy) is 2. The summed E-state index contributed by atoms with van der Waals surface area (Å²) in [5.74, 6) is 1.24. The molecule has 0 rings (SSSR count). The highest BCUT2D eigenvalue weighted by molar-refractivity contribution is 8.76. The van der Waals surface area contributed by atoms with Gasteiger partial charge in [0.15, 0.2) is 0 Å². The van der Waals surface area contributed by atoms with Crippen molar-refractivity contribution in [2.24, 2.45) is 0 Å². The molecule has 0 amide bonds. The van der Waals surface area contributed by atoms with E-state index in [2.05, 4.69) is 13.8 Å². The second-order valence-corrected chi connectivity index (χ2v) is 9.82. The Bertz CT molecular complexity index is 330. The van der Waals surface area contributed by atoms with Crippen LogP contribution in [0.3, 0.4) is 0 Å². The molecule has 0 fully saturated rings. The molecule has 0 aromatic rings. The molecule has 0 N–H and O–H groups in total. The van der Waals surface area contributed by atoms with Gasteiger partial charge < -0.3 is 9.47 Å². The highest BCUT2D eigenvalue weighted by Gasteiger charge is 2.05. The predicted octanol–water partition coefficient (Wildman–Crippen LogP) is 6.96. The number of hydrogen-bond acceptors (Lipinski definition) is 6. The molecular formula is C22H42O4S2. The van der Waals surface area contributed by atoms with E-state index in [9.17, 15) is 9.59 Å². The van der Waals surface area contributed by atoms with Crippen molar-refractivity contribution < 1.29 is 19.1 Å². The number of rotatable bonds is 21. The predicted molar refractivity (Wildman–Crippen MR) is 123 cm³/mol.